The lowest BCUT2D eigenvalue weighted by Gasteiger charge is -2.26. The van der Waals surface area contributed by atoms with Crippen LogP contribution < -0.4 is 5.32 Å². The molecule has 20 heavy (non-hydrogen) atoms. The van der Waals surface area contributed by atoms with Gasteiger partial charge in [0.2, 0.25) is 0 Å². The van der Waals surface area contributed by atoms with Crippen molar-refractivity contribution >= 4 is 5.96 Å². The molecule has 0 bridgehead atoms. The molecule has 2 aliphatic heterocycles. The standard InChI is InChI=1S/C16H32N4/c1-4-17-16(19-9-5-6-10-19)18-12-15-8-7-11-20(15)13-14(2)3/h14-15H,4-13H2,1-3H3,(H,17,18)/t15-/m1/s1. The number of likely N-dealkylation sites (tertiary alicyclic amines) is 2. The number of nitrogens with one attached hydrogen (secondary N) is 1. The highest BCUT2D eigenvalue weighted by molar-refractivity contribution is 5.80. The molecule has 2 saturated heterocycles. The number of hydrogen-bond acceptors (Lipinski definition) is 2. The monoisotopic (exact) mass is 280 g/mol. The lowest BCUT2D eigenvalue weighted by Crippen LogP contribution is -2.41. The van der Waals surface area contributed by atoms with E-state index in [0.717, 1.165) is 25.0 Å². The van der Waals surface area contributed by atoms with Crippen LogP contribution in [-0.2, 0) is 0 Å². The second-order valence-corrected chi connectivity index (χ2v) is 6.57. The van der Waals surface area contributed by atoms with E-state index in [1.807, 2.05) is 0 Å². The van der Waals surface area contributed by atoms with E-state index < -0.39 is 0 Å². The minimum Gasteiger partial charge on any atom is -0.357 e. The summed E-state index contributed by atoms with van der Waals surface area (Å²) in [5.41, 5.74) is 0. The first-order chi connectivity index (χ1) is 9.70. The normalized spacial score (nSPS) is 24.9. The molecule has 116 valence electrons. The second kappa shape index (κ2) is 7.87. The molecule has 2 fully saturated rings. The Morgan fingerprint density at radius 3 is 2.60 bits per heavy atom. The van der Waals surface area contributed by atoms with Gasteiger partial charge in [-0.25, -0.2) is 0 Å². The SMILES string of the molecule is CCNC(=NC[C@H]1CCCN1CC(C)C)N1CCCC1. The highest BCUT2D eigenvalue weighted by Gasteiger charge is 2.25. The summed E-state index contributed by atoms with van der Waals surface area (Å²) in [5, 5.41) is 3.46. The molecule has 0 amide bonds. The van der Waals surface area contributed by atoms with Gasteiger partial charge in [-0.3, -0.25) is 9.89 Å². The Hall–Kier alpha value is -0.770. The first-order valence-electron chi connectivity index (χ1n) is 8.48. The molecule has 1 atom stereocenters. The maximum Gasteiger partial charge on any atom is 0.193 e. The number of guanidine groups is 1. The quantitative estimate of drug-likeness (QED) is 0.618. The molecule has 1 N–H and O–H groups in total. The Balaban J connectivity index is 1.90. The van der Waals surface area contributed by atoms with Crippen molar-refractivity contribution in [3.8, 4) is 0 Å². The van der Waals surface area contributed by atoms with Crippen molar-refractivity contribution in [3.05, 3.63) is 0 Å². The Bertz CT molecular complexity index is 308. The van der Waals surface area contributed by atoms with Gasteiger partial charge in [-0.2, -0.15) is 0 Å². The third-order valence-electron chi connectivity index (χ3n) is 4.29. The molecule has 2 aliphatic rings. The largest absolute Gasteiger partial charge is 0.357 e. The van der Waals surface area contributed by atoms with Crippen LogP contribution in [0, 0.1) is 5.92 Å². The Morgan fingerprint density at radius 2 is 1.95 bits per heavy atom. The van der Waals surface area contributed by atoms with Crippen LogP contribution in [0.2, 0.25) is 0 Å². The summed E-state index contributed by atoms with van der Waals surface area (Å²) in [6.07, 6.45) is 5.28. The molecule has 0 aromatic carbocycles. The van der Waals surface area contributed by atoms with Crippen molar-refractivity contribution in [2.45, 2.75) is 52.5 Å². The van der Waals surface area contributed by atoms with Crippen molar-refractivity contribution in [1.82, 2.24) is 15.1 Å². The first-order valence-corrected chi connectivity index (χ1v) is 8.48. The zero-order valence-electron chi connectivity index (χ0n) is 13.6. The van der Waals surface area contributed by atoms with E-state index in [1.54, 1.807) is 0 Å². The van der Waals surface area contributed by atoms with Crippen LogP contribution in [0.3, 0.4) is 0 Å². The number of rotatable bonds is 5. The molecule has 4 heteroatoms. The van der Waals surface area contributed by atoms with Crippen LogP contribution in [-0.4, -0.2) is 61.1 Å². The van der Waals surface area contributed by atoms with Gasteiger partial charge >= 0.3 is 0 Å². The molecule has 4 nitrogen and oxygen atoms in total. The molecule has 0 spiro atoms. The minimum atomic E-state index is 0.661. The maximum atomic E-state index is 4.92. The summed E-state index contributed by atoms with van der Waals surface area (Å²) in [5.74, 6) is 1.90. The minimum absolute atomic E-state index is 0.661. The summed E-state index contributed by atoms with van der Waals surface area (Å²) in [6.45, 7) is 13.5. The number of aliphatic imine (C=N–C) groups is 1. The zero-order valence-corrected chi connectivity index (χ0v) is 13.6. The van der Waals surface area contributed by atoms with Crippen molar-refractivity contribution in [3.63, 3.8) is 0 Å². The van der Waals surface area contributed by atoms with Crippen LogP contribution in [0.1, 0.15) is 46.5 Å². The van der Waals surface area contributed by atoms with Gasteiger partial charge in [0.25, 0.3) is 0 Å². The molecule has 0 aromatic rings. The lowest BCUT2D eigenvalue weighted by molar-refractivity contribution is 0.230. The van der Waals surface area contributed by atoms with E-state index in [4.69, 9.17) is 4.99 Å². The van der Waals surface area contributed by atoms with Gasteiger partial charge in [-0.1, -0.05) is 13.8 Å². The van der Waals surface area contributed by atoms with Crippen LogP contribution in [0.25, 0.3) is 0 Å². The second-order valence-electron chi connectivity index (χ2n) is 6.57. The van der Waals surface area contributed by atoms with Gasteiger partial charge < -0.3 is 10.2 Å². The summed E-state index contributed by atoms with van der Waals surface area (Å²) < 4.78 is 0. The Labute approximate surface area is 124 Å². The molecule has 0 aliphatic carbocycles. The van der Waals surface area contributed by atoms with E-state index in [1.165, 1.54) is 51.9 Å². The predicted octanol–water partition coefficient (Wildman–Crippen LogP) is 2.17. The van der Waals surface area contributed by atoms with Crippen molar-refractivity contribution in [2.75, 3.05) is 39.3 Å². The lowest BCUT2D eigenvalue weighted by atomic mass is 10.2. The third-order valence-corrected chi connectivity index (χ3v) is 4.29. The predicted molar refractivity (Wildman–Crippen MR) is 86.2 cm³/mol. The van der Waals surface area contributed by atoms with E-state index in [-0.39, 0.29) is 0 Å². The number of nitrogens with zero attached hydrogens (tertiary/aromatic N) is 3. The average Bonchev–Trinajstić information content (AvgIpc) is 3.05. The molecule has 0 aromatic heterocycles. The van der Waals surface area contributed by atoms with Crippen molar-refractivity contribution in [1.29, 1.82) is 0 Å². The van der Waals surface area contributed by atoms with Crippen LogP contribution in [0.4, 0.5) is 0 Å². The maximum absolute atomic E-state index is 4.92. The Morgan fingerprint density at radius 1 is 1.20 bits per heavy atom. The Kier molecular flexibility index (Phi) is 6.14. The smallest absolute Gasteiger partial charge is 0.193 e. The fourth-order valence-electron chi connectivity index (χ4n) is 3.36. The van der Waals surface area contributed by atoms with Crippen molar-refractivity contribution in [2.24, 2.45) is 10.9 Å². The van der Waals surface area contributed by atoms with E-state index in [9.17, 15) is 0 Å². The molecule has 2 rings (SSSR count). The van der Waals surface area contributed by atoms with Crippen molar-refractivity contribution < 1.29 is 0 Å². The molecule has 2 heterocycles. The van der Waals surface area contributed by atoms with Gasteiger partial charge in [0.05, 0.1) is 6.54 Å². The fraction of sp³-hybridized carbons (Fsp3) is 0.938. The van der Waals surface area contributed by atoms with Crippen LogP contribution >= 0.6 is 0 Å². The summed E-state index contributed by atoms with van der Waals surface area (Å²) in [7, 11) is 0. The van der Waals surface area contributed by atoms with Gasteiger partial charge in [0.15, 0.2) is 5.96 Å². The zero-order chi connectivity index (χ0) is 14.4. The summed E-state index contributed by atoms with van der Waals surface area (Å²) in [4.78, 5) is 9.99. The number of hydrogen-bond donors (Lipinski definition) is 1. The molecule has 0 unspecified atom stereocenters. The highest BCUT2D eigenvalue weighted by Crippen LogP contribution is 2.19. The third kappa shape index (κ3) is 4.37. The molecule has 0 radical (unpaired) electrons. The first kappa shape index (κ1) is 15.6. The fourth-order valence-corrected chi connectivity index (χ4v) is 3.36. The van der Waals surface area contributed by atoms with Gasteiger partial charge in [-0.05, 0) is 45.1 Å². The van der Waals surface area contributed by atoms with E-state index in [2.05, 4.69) is 35.9 Å². The van der Waals surface area contributed by atoms with Crippen LogP contribution in [0.15, 0.2) is 4.99 Å². The molecular formula is C16H32N4. The molecule has 0 saturated carbocycles. The van der Waals surface area contributed by atoms with Gasteiger partial charge in [0.1, 0.15) is 0 Å². The average molecular weight is 280 g/mol. The van der Waals surface area contributed by atoms with E-state index in [0.29, 0.717) is 6.04 Å². The van der Waals surface area contributed by atoms with E-state index >= 15 is 0 Å². The summed E-state index contributed by atoms with van der Waals surface area (Å²) in [6, 6.07) is 0.661. The molecular weight excluding hydrogens is 248 g/mol. The summed E-state index contributed by atoms with van der Waals surface area (Å²) >= 11 is 0. The van der Waals surface area contributed by atoms with Gasteiger partial charge in [0, 0.05) is 32.2 Å². The van der Waals surface area contributed by atoms with Gasteiger partial charge in [-0.15, -0.1) is 0 Å². The van der Waals surface area contributed by atoms with Crippen LogP contribution in [0.5, 0.6) is 0 Å². The highest BCUT2D eigenvalue weighted by atomic mass is 15.3. The topological polar surface area (TPSA) is 30.9 Å².